The number of Topliss-reactive ketones (excluding diaryl/α,β-unsaturated/α-hetero) is 1. The molecule has 2 aliphatic heterocycles. The number of hydrogen-bond donors (Lipinski definition) is 7. The standard InChI is InChI=1S/2C16H20O3.C13H14N2O2.C13H14N2O.C9H8O2.C4H10O.C3H8O.ClHO4.Li/c1-2-17-15-9-6-12-11-13(7-8-14(12)15)19-16-5-3-4-10-18-16;17-9-8-12-4-5-13-11-14(6-7-15(12)13)19-16-3-1-2-10-18-16;16-11-3-4-12-8(1-2-9(12)6-11)5-10-7-14-13(17)15-10;16-12-3-4-13-9(1-2-10(13)6-12)5-11-7-14-8-15-11;10-7-2-3-8-6(5-7)1-4-9(8)11;1-3-5-4-2;1-3(2)4;2-1(3,4)5;/h2,7-8,11,15-16H,1,3-6,9-10H2;6-7,9,11-12,16H,1-5,8,10H2;3-4,6-8,16H,1-2,5H2,(H2,14,15,17);3-4,6-9,16H,1-2,5H2,(H,14,15);2-3,5,10H,1,4H2;3-4H2,1-2H3;3-4H,1-2H3;(H,2,3,4,5);/q;;;;;;;;+1/p-1. The number of aliphatic hydroxyl groups excluding tert-OH is 1. The number of ether oxygens (including phenoxy) is 6. The van der Waals surface area contributed by atoms with Crippen molar-refractivity contribution in [2.24, 2.45) is 0 Å². The molecule has 0 spiro atoms. The van der Waals surface area contributed by atoms with Crippen molar-refractivity contribution in [2.45, 2.75) is 192 Å². The molecule has 14 rings (SSSR count). The maximum atomic E-state index is 11.1. The molecule has 6 atom stereocenters. The third-order valence-electron chi connectivity index (χ3n) is 17.1. The minimum absolute atomic E-state index is 0. The van der Waals surface area contributed by atoms with Gasteiger partial charge in [-0.05, 0) is 259 Å². The van der Waals surface area contributed by atoms with E-state index in [2.05, 4.69) is 56.8 Å². The Kier molecular flexibility index (Phi) is 33.0. The Labute approximate surface area is 582 Å². The number of carbonyl (C=O) groups excluding carboxylic acids is 2. The van der Waals surface area contributed by atoms with Gasteiger partial charge in [-0.15, -0.1) is 10.2 Å². The number of aromatic hydroxyl groups is 3. The average Bonchev–Trinajstić information content (AvgIpc) is 1.74. The number of aromatic nitrogens is 4. The first-order chi connectivity index (χ1) is 46.2. The van der Waals surface area contributed by atoms with Crippen molar-refractivity contribution in [2.75, 3.05) is 26.4 Å². The van der Waals surface area contributed by atoms with E-state index in [0.29, 0.717) is 42.1 Å². The molecular formula is C74H94ClLiN4O17. The summed E-state index contributed by atoms with van der Waals surface area (Å²) in [6, 6.07) is 28.7. The number of nitrogens with one attached hydrogen (secondary N) is 3. The Bertz CT molecular complexity index is 3470. The minimum Gasteiger partial charge on any atom is -0.508 e. The van der Waals surface area contributed by atoms with Crippen LogP contribution >= 0.6 is 0 Å². The van der Waals surface area contributed by atoms with Crippen LogP contribution in [0.4, 0.5) is 0 Å². The molecule has 520 valence electrons. The molecule has 6 unspecified atom stereocenters. The number of aliphatic hydroxyl groups is 1. The number of benzene rings is 5. The SMILES string of the molecule is C=COC1CCc2cc(OC3CCCCO3)ccc21.CC(C)O.CCOCC.O=C1CCc2cc(O)ccc21.O=CCC1CCc2cc(OC3CCCCO3)ccc21.O=c1[nH]cc(CC2CCc3cc(O)ccc32)[nH]1.Oc1ccc2c(c1)CCC2Cc1cnc[nH]1.[Li+].[O-][Cl+3]([O-])([O-])[O-]. The van der Waals surface area contributed by atoms with Crippen molar-refractivity contribution >= 4 is 12.1 Å². The summed E-state index contributed by atoms with van der Waals surface area (Å²) in [6.45, 7) is 14.4. The van der Waals surface area contributed by atoms with Crippen LogP contribution in [0, 0.1) is 10.2 Å². The normalized spacial score (nSPS) is 19.5. The van der Waals surface area contributed by atoms with Crippen molar-refractivity contribution in [3.8, 4) is 28.7 Å². The molecule has 5 aliphatic carbocycles. The predicted octanol–water partition coefficient (Wildman–Crippen LogP) is 6.22. The summed E-state index contributed by atoms with van der Waals surface area (Å²) < 4.78 is 67.3. The van der Waals surface area contributed by atoms with Crippen LogP contribution in [0.15, 0.2) is 127 Å². The molecule has 23 heteroatoms. The van der Waals surface area contributed by atoms with Crippen LogP contribution in [-0.2, 0) is 68.7 Å². The van der Waals surface area contributed by atoms with Gasteiger partial charge in [0.1, 0.15) is 41.1 Å². The van der Waals surface area contributed by atoms with Crippen LogP contribution in [-0.4, -0.2) is 97.5 Å². The number of nitrogens with zero attached hydrogens (tertiary/aromatic N) is 1. The number of aldehydes is 1. The third-order valence-corrected chi connectivity index (χ3v) is 17.1. The van der Waals surface area contributed by atoms with Crippen molar-refractivity contribution in [1.29, 1.82) is 0 Å². The van der Waals surface area contributed by atoms with Gasteiger partial charge in [-0.2, -0.15) is 0 Å². The number of fused-ring (bicyclic) bond motifs is 5. The topological polar surface area (TPSA) is 340 Å². The van der Waals surface area contributed by atoms with Crippen LogP contribution < -0.4 is 52.7 Å². The summed E-state index contributed by atoms with van der Waals surface area (Å²) in [6.07, 6.45) is 26.7. The molecule has 4 heterocycles. The first kappa shape index (κ1) is 78.8. The van der Waals surface area contributed by atoms with E-state index >= 15 is 0 Å². The molecule has 7 aliphatic rings. The number of halogens is 1. The molecule has 0 radical (unpaired) electrons. The van der Waals surface area contributed by atoms with Crippen LogP contribution in [0.1, 0.15) is 200 Å². The number of carbonyl (C=O) groups is 2. The Hall–Kier alpha value is -7.23. The Balaban J connectivity index is 0.000000183. The molecule has 0 bridgehead atoms. The summed E-state index contributed by atoms with van der Waals surface area (Å²) in [5, 5.41) is 36.0. The Morgan fingerprint density at radius 1 is 0.619 bits per heavy atom. The van der Waals surface area contributed by atoms with E-state index in [4.69, 9.17) is 57.3 Å². The number of imidazole rings is 2. The smallest absolute Gasteiger partial charge is 0.508 e. The molecule has 0 saturated carbocycles. The molecule has 2 aromatic heterocycles. The van der Waals surface area contributed by atoms with E-state index < -0.39 is 10.2 Å². The van der Waals surface area contributed by atoms with E-state index in [1.54, 1.807) is 56.7 Å². The third kappa shape index (κ3) is 26.5. The van der Waals surface area contributed by atoms with Crippen molar-refractivity contribution in [3.63, 3.8) is 0 Å². The fourth-order valence-corrected chi connectivity index (χ4v) is 12.8. The van der Waals surface area contributed by atoms with E-state index in [1.807, 2.05) is 50.4 Å². The number of aryl methyl sites for hydroxylation is 5. The van der Waals surface area contributed by atoms with E-state index in [1.165, 1.54) is 69.3 Å². The molecule has 21 nitrogen and oxygen atoms in total. The quantitative estimate of drug-likeness (QED) is 0.0361. The second-order valence-corrected chi connectivity index (χ2v) is 25.3. The minimum atomic E-state index is -4.94. The Morgan fingerprint density at radius 3 is 1.57 bits per heavy atom. The van der Waals surface area contributed by atoms with Gasteiger partial charge in [0.25, 0.3) is 0 Å². The van der Waals surface area contributed by atoms with E-state index in [-0.39, 0.29) is 60.9 Å². The van der Waals surface area contributed by atoms with Gasteiger partial charge in [0.15, 0.2) is 18.4 Å². The molecule has 2 saturated heterocycles. The number of rotatable bonds is 14. The first-order valence-corrected chi connectivity index (χ1v) is 34.6. The average molecular weight is 1350 g/mol. The maximum Gasteiger partial charge on any atom is 1.00 e. The van der Waals surface area contributed by atoms with Gasteiger partial charge in [-0.1, -0.05) is 30.8 Å². The zero-order valence-corrected chi connectivity index (χ0v) is 57.2. The zero-order valence-electron chi connectivity index (χ0n) is 56.5. The molecule has 7 aromatic rings. The number of ketones is 1. The molecule has 5 aromatic carbocycles. The summed E-state index contributed by atoms with van der Waals surface area (Å²) in [7, 11) is -4.94. The number of phenols is 3. The number of H-pyrrole nitrogens is 3. The Morgan fingerprint density at radius 2 is 1.09 bits per heavy atom. The van der Waals surface area contributed by atoms with Gasteiger partial charge in [0.2, 0.25) is 0 Å². The van der Waals surface area contributed by atoms with Gasteiger partial charge in [0, 0.05) is 74.3 Å². The maximum absolute atomic E-state index is 11.1. The summed E-state index contributed by atoms with van der Waals surface area (Å²) in [5.41, 5.74) is 14.2. The van der Waals surface area contributed by atoms with Crippen LogP contribution in [0.5, 0.6) is 28.7 Å². The summed E-state index contributed by atoms with van der Waals surface area (Å²) >= 11 is 0. The number of phenolic OH excluding ortho intramolecular Hbond substituents is 3. The zero-order chi connectivity index (χ0) is 69.0. The molecule has 2 fully saturated rings. The molecule has 7 N–H and O–H groups in total. The second kappa shape index (κ2) is 40.6. The molecule has 0 amide bonds. The van der Waals surface area contributed by atoms with Crippen LogP contribution in [0.3, 0.4) is 0 Å². The second-order valence-electron chi connectivity index (χ2n) is 24.5. The van der Waals surface area contributed by atoms with Gasteiger partial charge in [0.05, 0.1) is 25.8 Å². The monoisotopic (exact) mass is 1350 g/mol. The molecule has 97 heavy (non-hydrogen) atoms. The van der Waals surface area contributed by atoms with Gasteiger partial charge >= 0.3 is 24.6 Å². The van der Waals surface area contributed by atoms with Gasteiger partial charge < -0.3 is 68.6 Å². The van der Waals surface area contributed by atoms with Crippen molar-refractivity contribution < 1.29 is 106 Å². The van der Waals surface area contributed by atoms with Crippen molar-refractivity contribution in [3.05, 3.63) is 200 Å². The number of aromatic amines is 3. The fourth-order valence-electron chi connectivity index (χ4n) is 12.8. The first-order valence-electron chi connectivity index (χ1n) is 33.3. The van der Waals surface area contributed by atoms with E-state index in [9.17, 15) is 24.6 Å². The van der Waals surface area contributed by atoms with E-state index in [0.717, 1.165) is 157 Å². The van der Waals surface area contributed by atoms with Crippen LogP contribution in [0.25, 0.3) is 0 Å². The number of hydrogen-bond acceptors (Lipinski definition) is 18. The van der Waals surface area contributed by atoms with Gasteiger partial charge in [-0.25, -0.2) is 28.4 Å². The predicted molar refractivity (Wildman–Crippen MR) is 351 cm³/mol. The van der Waals surface area contributed by atoms with Crippen LogP contribution in [0.2, 0.25) is 0 Å². The largest absolute Gasteiger partial charge is 1.00 e. The van der Waals surface area contributed by atoms with Gasteiger partial charge in [-0.3, -0.25) is 4.79 Å². The summed E-state index contributed by atoms with van der Waals surface area (Å²) in [5.74, 6) is 4.38. The molecular weight excluding hydrogens is 1260 g/mol. The fraction of sp³-hybridized carbons (Fsp3) is 0.459. The summed E-state index contributed by atoms with van der Waals surface area (Å²) in [4.78, 5) is 45.4. The van der Waals surface area contributed by atoms with Crippen molar-refractivity contribution in [1.82, 2.24) is 19.9 Å².